The molecular weight excluding hydrogens is 210 g/mol. The summed E-state index contributed by atoms with van der Waals surface area (Å²) in [7, 11) is 0. The smallest absolute Gasteiger partial charge is 0.0813 e. The maximum Gasteiger partial charge on any atom is 0.0813 e. The van der Waals surface area contributed by atoms with E-state index in [-0.39, 0.29) is 0 Å². The van der Waals surface area contributed by atoms with E-state index in [1.807, 2.05) is 36.7 Å². The van der Waals surface area contributed by atoms with Gasteiger partial charge in [0.25, 0.3) is 0 Å². The van der Waals surface area contributed by atoms with Gasteiger partial charge in [0.1, 0.15) is 0 Å². The lowest BCUT2D eigenvalue weighted by atomic mass is 10.2. The van der Waals surface area contributed by atoms with E-state index in [1.165, 1.54) is 5.39 Å². The highest BCUT2D eigenvalue weighted by Crippen LogP contribution is 2.17. The third-order valence-electron chi connectivity index (χ3n) is 2.62. The highest BCUT2D eigenvalue weighted by atomic mass is 14.8. The number of nitrogens with one attached hydrogen (secondary N) is 1. The number of benzene rings is 1. The molecule has 0 aliphatic heterocycles. The fourth-order valence-corrected chi connectivity index (χ4v) is 1.77. The van der Waals surface area contributed by atoms with E-state index in [0.717, 1.165) is 16.8 Å². The molecule has 0 saturated carbocycles. The molecule has 2 aromatic heterocycles. The molecule has 0 amide bonds. The third-order valence-corrected chi connectivity index (χ3v) is 2.62. The molecule has 82 valence electrons. The molecule has 0 fully saturated rings. The predicted octanol–water partition coefficient (Wildman–Crippen LogP) is 3.31. The van der Waals surface area contributed by atoms with Crippen LogP contribution in [0.3, 0.4) is 0 Å². The van der Waals surface area contributed by atoms with Gasteiger partial charge >= 0.3 is 0 Å². The first-order valence-corrected chi connectivity index (χ1v) is 5.44. The van der Waals surface area contributed by atoms with Crippen LogP contribution in [0, 0.1) is 0 Å². The monoisotopic (exact) mass is 221 g/mol. The molecule has 0 bridgehead atoms. The largest absolute Gasteiger partial charge is 0.361 e. The summed E-state index contributed by atoms with van der Waals surface area (Å²) in [6.07, 6.45) is 7.30. The second-order valence-corrected chi connectivity index (χ2v) is 3.76. The molecule has 3 rings (SSSR count). The quantitative estimate of drug-likeness (QED) is 0.662. The maximum atomic E-state index is 4.39. The Balaban J connectivity index is 1.98. The number of H-pyrrole nitrogens is 1. The van der Waals surface area contributed by atoms with Crippen LogP contribution < -0.4 is 0 Å². The van der Waals surface area contributed by atoms with E-state index in [4.69, 9.17) is 0 Å². The minimum Gasteiger partial charge on any atom is -0.361 e. The van der Waals surface area contributed by atoms with Gasteiger partial charge in [-0.3, -0.25) is 9.98 Å². The minimum absolute atomic E-state index is 0.859. The number of aromatic amines is 1. The van der Waals surface area contributed by atoms with Gasteiger partial charge in [-0.15, -0.1) is 0 Å². The van der Waals surface area contributed by atoms with E-state index in [1.54, 1.807) is 12.4 Å². The van der Waals surface area contributed by atoms with Crippen LogP contribution in [-0.4, -0.2) is 16.2 Å². The Morgan fingerprint density at radius 2 is 2.06 bits per heavy atom. The summed E-state index contributed by atoms with van der Waals surface area (Å²) < 4.78 is 0. The maximum absolute atomic E-state index is 4.39. The van der Waals surface area contributed by atoms with Crippen LogP contribution in [-0.2, 0) is 0 Å². The topological polar surface area (TPSA) is 41.0 Å². The van der Waals surface area contributed by atoms with Gasteiger partial charge in [-0.1, -0.05) is 18.2 Å². The molecule has 2 heterocycles. The molecule has 0 atom stereocenters. The molecule has 0 spiro atoms. The summed E-state index contributed by atoms with van der Waals surface area (Å²) in [5.41, 5.74) is 3.07. The third kappa shape index (κ3) is 1.95. The molecule has 17 heavy (non-hydrogen) atoms. The number of aliphatic imine (C=N–C) groups is 1. The average molecular weight is 221 g/mol. The summed E-state index contributed by atoms with van der Waals surface area (Å²) in [5.74, 6) is 0. The Labute approximate surface area is 98.9 Å². The Bertz CT molecular complexity index is 653. The molecule has 0 saturated heterocycles. The van der Waals surface area contributed by atoms with E-state index < -0.39 is 0 Å². The van der Waals surface area contributed by atoms with Crippen molar-refractivity contribution in [3.63, 3.8) is 0 Å². The van der Waals surface area contributed by atoms with Crippen molar-refractivity contribution in [3.8, 4) is 0 Å². The normalized spacial score (nSPS) is 11.3. The molecule has 3 aromatic rings. The van der Waals surface area contributed by atoms with Crippen molar-refractivity contribution in [1.82, 2.24) is 9.97 Å². The molecule has 0 unspecified atom stereocenters. The number of hydrogen-bond donors (Lipinski definition) is 1. The molecule has 0 aliphatic carbocycles. The average Bonchev–Trinajstić information content (AvgIpc) is 2.81. The van der Waals surface area contributed by atoms with Gasteiger partial charge in [-0.2, -0.15) is 0 Å². The van der Waals surface area contributed by atoms with Crippen LogP contribution >= 0.6 is 0 Å². The highest BCUT2D eigenvalue weighted by Gasteiger charge is 1.99. The zero-order valence-corrected chi connectivity index (χ0v) is 9.17. The summed E-state index contributed by atoms with van der Waals surface area (Å²) >= 11 is 0. The van der Waals surface area contributed by atoms with Gasteiger partial charge in [0.2, 0.25) is 0 Å². The fraction of sp³-hybridized carbons (Fsp3) is 0. The van der Waals surface area contributed by atoms with E-state index >= 15 is 0 Å². The zero-order valence-electron chi connectivity index (χ0n) is 9.17. The van der Waals surface area contributed by atoms with Crippen LogP contribution in [0.5, 0.6) is 0 Å². The molecule has 3 heteroatoms. The van der Waals surface area contributed by atoms with Crippen molar-refractivity contribution in [2.75, 3.05) is 0 Å². The highest BCUT2D eigenvalue weighted by molar-refractivity contribution is 5.99. The molecule has 0 aliphatic rings. The molecular formula is C14H11N3. The van der Waals surface area contributed by atoms with Gasteiger partial charge in [-0.05, 0) is 18.2 Å². The van der Waals surface area contributed by atoms with Gasteiger partial charge in [0.15, 0.2) is 0 Å². The number of nitrogens with zero attached hydrogens (tertiary/aromatic N) is 2. The van der Waals surface area contributed by atoms with Crippen LogP contribution in [0.4, 0.5) is 5.69 Å². The predicted molar refractivity (Wildman–Crippen MR) is 69.8 cm³/mol. The summed E-state index contributed by atoms with van der Waals surface area (Å²) in [6.45, 7) is 0. The van der Waals surface area contributed by atoms with Crippen molar-refractivity contribution >= 4 is 22.8 Å². The number of pyridine rings is 1. The Hall–Kier alpha value is -2.42. The Kier molecular flexibility index (Phi) is 2.43. The summed E-state index contributed by atoms with van der Waals surface area (Å²) in [4.78, 5) is 11.6. The lowest BCUT2D eigenvalue weighted by molar-refractivity contribution is 1.31. The molecule has 3 nitrogen and oxygen atoms in total. The second kappa shape index (κ2) is 4.22. The summed E-state index contributed by atoms with van der Waals surface area (Å²) in [6, 6.07) is 12.0. The van der Waals surface area contributed by atoms with E-state index in [9.17, 15) is 0 Å². The zero-order chi connectivity index (χ0) is 11.5. The van der Waals surface area contributed by atoms with E-state index in [0.29, 0.717) is 0 Å². The number of para-hydroxylation sites is 1. The van der Waals surface area contributed by atoms with Crippen molar-refractivity contribution < 1.29 is 0 Å². The SMILES string of the molecule is C(=N\c1cccnc1)/c1c[nH]c2ccccc12. The summed E-state index contributed by atoms with van der Waals surface area (Å²) in [5, 5.41) is 1.18. The standard InChI is InChI=1S/C14H11N3/c1-2-6-14-13(5-1)11(9-17-14)8-16-12-4-3-7-15-10-12/h1-10,17H/b16-8+. The van der Waals surface area contributed by atoms with Crippen molar-refractivity contribution in [3.05, 3.63) is 60.6 Å². The molecule has 0 radical (unpaired) electrons. The number of hydrogen-bond acceptors (Lipinski definition) is 2. The van der Waals surface area contributed by atoms with Crippen LogP contribution in [0.15, 0.2) is 60.0 Å². The molecule has 1 N–H and O–H groups in total. The van der Waals surface area contributed by atoms with Crippen molar-refractivity contribution in [2.24, 2.45) is 4.99 Å². The van der Waals surface area contributed by atoms with Crippen LogP contribution in [0.25, 0.3) is 10.9 Å². The Morgan fingerprint density at radius 3 is 2.94 bits per heavy atom. The first kappa shape index (κ1) is 9.78. The lowest BCUT2D eigenvalue weighted by Gasteiger charge is -1.92. The fourth-order valence-electron chi connectivity index (χ4n) is 1.77. The van der Waals surface area contributed by atoms with Gasteiger partial charge in [0, 0.05) is 35.1 Å². The van der Waals surface area contributed by atoms with Gasteiger partial charge < -0.3 is 4.98 Å². The van der Waals surface area contributed by atoms with Gasteiger partial charge in [-0.25, -0.2) is 0 Å². The van der Waals surface area contributed by atoms with Crippen LogP contribution in [0.2, 0.25) is 0 Å². The molecule has 1 aromatic carbocycles. The first-order valence-electron chi connectivity index (χ1n) is 5.44. The minimum atomic E-state index is 0.859. The second-order valence-electron chi connectivity index (χ2n) is 3.76. The van der Waals surface area contributed by atoms with Crippen LogP contribution in [0.1, 0.15) is 5.56 Å². The van der Waals surface area contributed by atoms with Gasteiger partial charge in [0.05, 0.1) is 11.9 Å². The number of aromatic nitrogens is 2. The number of fused-ring (bicyclic) bond motifs is 1. The van der Waals surface area contributed by atoms with Crippen molar-refractivity contribution in [2.45, 2.75) is 0 Å². The van der Waals surface area contributed by atoms with E-state index in [2.05, 4.69) is 27.1 Å². The Morgan fingerprint density at radius 1 is 1.12 bits per heavy atom. The number of rotatable bonds is 2. The lowest BCUT2D eigenvalue weighted by Crippen LogP contribution is -1.77. The van der Waals surface area contributed by atoms with Crippen molar-refractivity contribution in [1.29, 1.82) is 0 Å². The first-order chi connectivity index (χ1) is 8.43.